The first-order chi connectivity index (χ1) is 9.67. The molecule has 0 aliphatic heterocycles. The summed E-state index contributed by atoms with van der Waals surface area (Å²) in [7, 11) is 0. The summed E-state index contributed by atoms with van der Waals surface area (Å²) < 4.78 is 0. The predicted molar refractivity (Wildman–Crippen MR) is 79.0 cm³/mol. The number of tetrazole rings is 1. The number of aromatic nitrogens is 4. The number of rotatable bonds is 2. The molecule has 4 heteroatoms. The van der Waals surface area contributed by atoms with Gasteiger partial charge in [0.05, 0.1) is 5.41 Å². The first-order valence-corrected chi connectivity index (χ1v) is 6.57. The van der Waals surface area contributed by atoms with Gasteiger partial charge in [0.2, 0.25) is 0 Å². The molecule has 1 aromatic heterocycles. The Labute approximate surface area is 117 Å². The molecule has 2 aromatic rings. The van der Waals surface area contributed by atoms with Crippen molar-refractivity contribution in [2.24, 2.45) is 0 Å². The maximum absolute atomic E-state index is 4.12. The predicted octanol–water partition coefficient (Wildman–Crippen LogP) is 2.98. The second kappa shape index (κ2) is 4.89. The summed E-state index contributed by atoms with van der Waals surface area (Å²) in [5, 5.41) is 14.4. The third kappa shape index (κ3) is 2.32. The van der Waals surface area contributed by atoms with Gasteiger partial charge in [-0.3, -0.25) is 0 Å². The van der Waals surface area contributed by atoms with E-state index in [1.165, 1.54) is 11.1 Å². The Hall–Kier alpha value is -2.49. The van der Waals surface area contributed by atoms with Crippen molar-refractivity contribution in [2.75, 3.05) is 0 Å². The van der Waals surface area contributed by atoms with Crippen LogP contribution in [-0.2, 0) is 5.41 Å². The van der Waals surface area contributed by atoms with Crippen molar-refractivity contribution in [3.63, 3.8) is 0 Å². The summed E-state index contributed by atoms with van der Waals surface area (Å²) in [6, 6.07) is 8.50. The first-order valence-electron chi connectivity index (χ1n) is 6.57. The number of aryl methyl sites for hydroxylation is 1. The quantitative estimate of drug-likeness (QED) is 0.907. The standard InChI is InChI=1S/C16H16N4/c1-12-6-8-13(9-7-12)14-5-3-4-10-16(2,11-14)15-17-19-20-18-15/h3-11H,1-2H3,(H,17,18,19,20). The van der Waals surface area contributed by atoms with E-state index in [2.05, 4.69) is 77.0 Å². The maximum atomic E-state index is 4.12. The van der Waals surface area contributed by atoms with Gasteiger partial charge in [0.15, 0.2) is 5.82 Å². The van der Waals surface area contributed by atoms with Crippen molar-refractivity contribution in [1.29, 1.82) is 0 Å². The molecular weight excluding hydrogens is 248 g/mol. The van der Waals surface area contributed by atoms with Gasteiger partial charge in [0.25, 0.3) is 0 Å². The molecule has 100 valence electrons. The van der Waals surface area contributed by atoms with E-state index in [0.717, 1.165) is 5.57 Å². The highest BCUT2D eigenvalue weighted by atomic mass is 15.5. The molecule has 0 saturated heterocycles. The molecule has 0 bridgehead atoms. The zero-order valence-electron chi connectivity index (χ0n) is 11.5. The molecule has 1 aromatic carbocycles. The molecule has 1 unspecified atom stereocenters. The summed E-state index contributed by atoms with van der Waals surface area (Å²) in [6.07, 6.45) is 10.4. The average molecular weight is 264 g/mol. The van der Waals surface area contributed by atoms with Crippen molar-refractivity contribution in [2.45, 2.75) is 19.3 Å². The fourth-order valence-electron chi connectivity index (χ4n) is 2.29. The van der Waals surface area contributed by atoms with Gasteiger partial charge in [-0.15, -0.1) is 10.2 Å². The van der Waals surface area contributed by atoms with Crippen molar-refractivity contribution in [1.82, 2.24) is 20.6 Å². The lowest BCUT2D eigenvalue weighted by atomic mass is 9.86. The molecule has 0 saturated carbocycles. The monoisotopic (exact) mass is 264 g/mol. The van der Waals surface area contributed by atoms with Gasteiger partial charge < -0.3 is 0 Å². The summed E-state index contributed by atoms with van der Waals surface area (Å²) in [6.45, 7) is 4.17. The van der Waals surface area contributed by atoms with Crippen LogP contribution in [0.25, 0.3) is 5.57 Å². The lowest BCUT2D eigenvalue weighted by molar-refractivity contribution is 0.691. The molecule has 3 rings (SSSR count). The van der Waals surface area contributed by atoms with E-state index in [-0.39, 0.29) is 5.41 Å². The van der Waals surface area contributed by atoms with Gasteiger partial charge in [-0.1, -0.05) is 65.4 Å². The molecule has 4 nitrogen and oxygen atoms in total. The molecule has 0 amide bonds. The number of aromatic amines is 1. The van der Waals surface area contributed by atoms with Crippen LogP contribution in [-0.4, -0.2) is 20.6 Å². The van der Waals surface area contributed by atoms with E-state index in [0.29, 0.717) is 5.82 Å². The number of hydrogen-bond donors (Lipinski definition) is 1. The van der Waals surface area contributed by atoms with Crippen LogP contribution in [0.3, 0.4) is 0 Å². The van der Waals surface area contributed by atoms with Crippen molar-refractivity contribution in [3.8, 4) is 0 Å². The van der Waals surface area contributed by atoms with Crippen LogP contribution in [0.5, 0.6) is 0 Å². The summed E-state index contributed by atoms with van der Waals surface area (Å²) in [4.78, 5) is 0. The Kier molecular flexibility index (Phi) is 3.06. The molecule has 1 atom stereocenters. The van der Waals surface area contributed by atoms with Crippen LogP contribution >= 0.6 is 0 Å². The second-order valence-electron chi connectivity index (χ2n) is 5.20. The van der Waals surface area contributed by atoms with Crippen LogP contribution in [0, 0.1) is 6.92 Å². The first kappa shape index (κ1) is 12.5. The van der Waals surface area contributed by atoms with Gasteiger partial charge in [0.1, 0.15) is 0 Å². The zero-order valence-corrected chi connectivity index (χ0v) is 11.5. The highest BCUT2D eigenvalue weighted by Gasteiger charge is 2.27. The highest BCUT2D eigenvalue weighted by Crippen LogP contribution is 2.30. The number of nitrogens with zero attached hydrogens (tertiary/aromatic N) is 3. The SMILES string of the molecule is Cc1ccc(C2=CC(C)(c3nn[nH]n3)C=CC=C2)cc1. The van der Waals surface area contributed by atoms with Gasteiger partial charge in [-0.05, 0) is 25.0 Å². The van der Waals surface area contributed by atoms with Gasteiger partial charge >= 0.3 is 0 Å². The van der Waals surface area contributed by atoms with Crippen LogP contribution < -0.4 is 0 Å². The third-order valence-electron chi connectivity index (χ3n) is 3.50. The van der Waals surface area contributed by atoms with Crippen LogP contribution in [0.2, 0.25) is 0 Å². The third-order valence-corrected chi connectivity index (χ3v) is 3.50. The van der Waals surface area contributed by atoms with Crippen molar-refractivity contribution >= 4 is 5.57 Å². The Morgan fingerprint density at radius 2 is 1.90 bits per heavy atom. The lowest BCUT2D eigenvalue weighted by Gasteiger charge is -2.18. The fourth-order valence-corrected chi connectivity index (χ4v) is 2.29. The highest BCUT2D eigenvalue weighted by molar-refractivity contribution is 5.76. The van der Waals surface area contributed by atoms with Crippen LogP contribution in [0.1, 0.15) is 23.9 Å². The molecule has 1 aliphatic carbocycles. The molecular formula is C16H16N4. The Balaban J connectivity index is 2.06. The topological polar surface area (TPSA) is 54.5 Å². The van der Waals surface area contributed by atoms with Crippen LogP contribution in [0.4, 0.5) is 0 Å². The van der Waals surface area contributed by atoms with E-state index in [1.807, 2.05) is 12.2 Å². The molecule has 0 spiro atoms. The number of benzene rings is 1. The van der Waals surface area contributed by atoms with E-state index in [9.17, 15) is 0 Å². The molecule has 0 fully saturated rings. The minimum absolute atomic E-state index is 0.364. The molecule has 1 aliphatic rings. The van der Waals surface area contributed by atoms with E-state index >= 15 is 0 Å². The molecule has 1 N–H and O–H groups in total. The largest absolute Gasteiger partial charge is 0.187 e. The molecule has 1 heterocycles. The average Bonchev–Trinajstić information content (AvgIpc) is 2.91. The molecule has 20 heavy (non-hydrogen) atoms. The minimum Gasteiger partial charge on any atom is -0.177 e. The Bertz CT molecular complexity index is 678. The normalized spacial score (nSPS) is 21.6. The summed E-state index contributed by atoms with van der Waals surface area (Å²) in [5.41, 5.74) is 3.23. The minimum atomic E-state index is -0.364. The number of hydrogen-bond acceptors (Lipinski definition) is 3. The Morgan fingerprint density at radius 1 is 1.10 bits per heavy atom. The van der Waals surface area contributed by atoms with Crippen molar-refractivity contribution < 1.29 is 0 Å². The van der Waals surface area contributed by atoms with Crippen LogP contribution in [0.15, 0.2) is 54.6 Å². The summed E-state index contributed by atoms with van der Waals surface area (Å²) >= 11 is 0. The summed E-state index contributed by atoms with van der Waals surface area (Å²) in [5.74, 6) is 0.669. The number of nitrogens with one attached hydrogen (secondary N) is 1. The Morgan fingerprint density at radius 3 is 2.60 bits per heavy atom. The molecule has 0 radical (unpaired) electrons. The van der Waals surface area contributed by atoms with Gasteiger partial charge in [-0.2, -0.15) is 5.21 Å². The lowest BCUT2D eigenvalue weighted by Crippen LogP contribution is -2.18. The second-order valence-corrected chi connectivity index (χ2v) is 5.20. The van der Waals surface area contributed by atoms with Gasteiger partial charge in [0, 0.05) is 0 Å². The van der Waals surface area contributed by atoms with E-state index in [1.54, 1.807) is 0 Å². The van der Waals surface area contributed by atoms with Crippen molar-refractivity contribution in [3.05, 3.63) is 71.6 Å². The van der Waals surface area contributed by atoms with E-state index < -0.39 is 0 Å². The van der Waals surface area contributed by atoms with E-state index in [4.69, 9.17) is 0 Å². The smallest absolute Gasteiger partial charge is 0.177 e. The number of allylic oxidation sites excluding steroid dienone is 6. The number of H-pyrrole nitrogens is 1. The maximum Gasteiger partial charge on any atom is 0.187 e. The van der Waals surface area contributed by atoms with Gasteiger partial charge in [-0.25, -0.2) is 0 Å². The fraction of sp³-hybridized carbons (Fsp3) is 0.188. The zero-order chi connectivity index (χ0) is 14.0.